The molecule has 0 aliphatic carbocycles. The Balaban J connectivity index is 1.42. The van der Waals surface area contributed by atoms with Gasteiger partial charge >= 0.3 is 0 Å². The second kappa shape index (κ2) is 17.7. The van der Waals surface area contributed by atoms with E-state index in [0.29, 0.717) is 93.6 Å². The van der Waals surface area contributed by atoms with Crippen molar-refractivity contribution < 1.29 is 19.1 Å². The fourth-order valence-electron chi connectivity index (χ4n) is 5.70. The van der Waals surface area contributed by atoms with E-state index < -0.39 is 0 Å². The maximum atomic E-state index is 13.0. The first kappa shape index (κ1) is 38.4. The van der Waals surface area contributed by atoms with E-state index in [2.05, 4.69) is 31.9 Å². The number of morpholine rings is 2. The summed E-state index contributed by atoms with van der Waals surface area (Å²) < 4.78 is 12.6. The predicted molar refractivity (Wildman–Crippen MR) is 216 cm³/mol. The zero-order chi connectivity index (χ0) is 36.1. The summed E-state index contributed by atoms with van der Waals surface area (Å²) in [6.07, 6.45) is 6.47. The fourth-order valence-corrected chi connectivity index (χ4v) is 8.67. The molecule has 0 N–H and O–H groups in total. The van der Waals surface area contributed by atoms with Crippen molar-refractivity contribution in [2.75, 3.05) is 52.6 Å². The number of ether oxygens (including phenoxy) is 2. The van der Waals surface area contributed by atoms with Gasteiger partial charge in [0.1, 0.15) is 0 Å². The lowest BCUT2D eigenvalue weighted by Gasteiger charge is -2.25. The number of rotatable bonds is 8. The van der Waals surface area contributed by atoms with E-state index in [0.717, 1.165) is 31.2 Å². The van der Waals surface area contributed by atoms with Gasteiger partial charge in [-0.2, -0.15) is 0 Å². The van der Waals surface area contributed by atoms with Crippen molar-refractivity contribution in [3.63, 3.8) is 0 Å². The minimum absolute atomic E-state index is 0.133. The Kier molecular flexibility index (Phi) is 13.3. The molecule has 0 spiro atoms. The highest BCUT2D eigenvalue weighted by Crippen LogP contribution is 2.49. The van der Waals surface area contributed by atoms with Gasteiger partial charge in [-0.3, -0.25) is 9.59 Å². The first-order chi connectivity index (χ1) is 24.6. The van der Waals surface area contributed by atoms with Crippen LogP contribution in [0.1, 0.15) is 11.1 Å². The van der Waals surface area contributed by atoms with Crippen LogP contribution in [0.15, 0.2) is 91.6 Å². The largest absolute Gasteiger partial charge is 0.378 e. The van der Waals surface area contributed by atoms with Gasteiger partial charge in [0.15, 0.2) is 0 Å². The van der Waals surface area contributed by atoms with Crippen molar-refractivity contribution in [3.8, 4) is 22.3 Å². The molecule has 51 heavy (non-hydrogen) atoms. The molecular formula is C38H30Br2Cl4N2O4S. The molecule has 2 amide bonds. The molecule has 0 bridgehead atoms. The number of amides is 2. The van der Waals surface area contributed by atoms with E-state index in [1.807, 2.05) is 60.7 Å². The smallest absolute Gasteiger partial charge is 0.246 e. The SMILES string of the molecule is O=C(/C=C/c1c(-c2cccc(Br)c2)cc(Sc2cc(-c3cccc(Br)c3)c(/C=C/C(=O)N3CCOCC3)c(Cl)c2Cl)c(Cl)c1Cl)N1CCOCC1. The van der Waals surface area contributed by atoms with Crippen molar-refractivity contribution in [2.24, 2.45) is 0 Å². The summed E-state index contributed by atoms with van der Waals surface area (Å²) in [6, 6.07) is 19.5. The topological polar surface area (TPSA) is 59.1 Å². The fraction of sp³-hybridized carbons (Fsp3) is 0.211. The first-order valence-electron chi connectivity index (χ1n) is 15.9. The van der Waals surface area contributed by atoms with E-state index in [4.69, 9.17) is 55.9 Å². The third kappa shape index (κ3) is 9.26. The average molecular weight is 912 g/mol. The molecule has 2 fully saturated rings. The number of hydrogen-bond acceptors (Lipinski definition) is 5. The molecule has 0 saturated carbocycles. The Hall–Kier alpha value is -2.31. The van der Waals surface area contributed by atoms with Crippen molar-refractivity contribution >= 4 is 114 Å². The van der Waals surface area contributed by atoms with Crippen LogP contribution in [0.3, 0.4) is 0 Å². The van der Waals surface area contributed by atoms with E-state index in [1.165, 1.54) is 23.9 Å². The normalized spacial score (nSPS) is 15.3. The zero-order valence-corrected chi connectivity index (χ0v) is 34.0. The van der Waals surface area contributed by atoms with Crippen LogP contribution in [0.2, 0.25) is 20.1 Å². The van der Waals surface area contributed by atoms with Gasteiger partial charge in [-0.1, -0.05) is 114 Å². The van der Waals surface area contributed by atoms with Crippen LogP contribution in [0.25, 0.3) is 34.4 Å². The van der Waals surface area contributed by atoms with Crippen LogP contribution in [0, 0.1) is 0 Å². The van der Waals surface area contributed by atoms with E-state index >= 15 is 0 Å². The molecule has 264 valence electrons. The molecule has 0 radical (unpaired) electrons. The quantitative estimate of drug-likeness (QED) is 0.165. The van der Waals surface area contributed by atoms with Gasteiger partial charge in [-0.15, -0.1) is 0 Å². The van der Waals surface area contributed by atoms with Crippen molar-refractivity contribution in [3.05, 3.63) is 113 Å². The molecule has 4 aromatic rings. The van der Waals surface area contributed by atoms with Crippen LogP contribution >= 0.6 is 90.0 Å². The lowest BCUT2D eigenvalue weighted by atomic mass is 9.99. The highest BCUT2D eigenvalue weighted by molar-refractivity contribution is 9.10. The molecule has 0 aromatic heterocycles. The van der Waals surface area contributed by atoms with Crippen LogP contribution in [0.5, 0.6) is 0 Å². The molecule has 2 heterocycles. The lowest BCUT2D eigenvalue weighted by molar-refractivity contribution is -0.130. The lowest BCUT2D eigenvalue weighted by Crippen LogP contribution is -2.39. The molecule has 2 saturated heterocycles. The molecule has 2 aliphatic heterocycles. The molecule has 0 atom stereocenters. The molecule has 2 aliphatic rings. The maximum Gasteiger partial charge on any atom is 0.246 e. The van der Waals surface area contributed by atoms with E-state index in [1.54, 1.807) is 22.0 Å². The van der Waals surface area contributed by atoms with Gasteiger partial charge in [0, 0.05) is 68.2 Å². The summed E-state index contributed by atoms with van der Waals surface area (Å²) in [5, 5.41) is 1.18. The first-order valence-corrected chi connectivity index (χ1v) is 19.9. The predicted octanol–water partition coefficient (Wildman–Crippen LogP) is 11.1. The zero-order valence-electron chi connectivity index (χ0n) is 26.9. The van der Waals surface area contributed by atoms with Crippen LogP contribution < -0.4 is 0 Å². The third-order valence-electron chi connectivity index (χ3n) is 8.34. The number of halogens is 6. The molecular weight excluding hydrogens is 882 g/mol. The van der Waals surface area contributed by atoms with Gasteiger partial charge in [0.2, 0.25) is 11.8 Å². The minimum atomic E-state index is -0.133. The van der Waals surface area contributed by atoms with Gasteiger partial charge in [-0.05, 0) is 70.8 Å². The second-order valence-corrected chi connectivity index (χ2v) is 16.0. The monoisotopic (exact) mass is 908 g/mol. The summed E-state index contributed by atoms with van der Waals surface area (Å²) in [5.74, 6) is -0.266. The highest BCUT2D eigenvalue weighted by atomic mass is 79.9. The molecule has 6 rings (SSSR count). The van der Waals surface area contributed by atoms with Gasteiger partial charge in [-0.25, -0.2) is 0 Å². The van der Waals surface area contributed by atoms with Crippen molar-refractivity contribution in [2.45, 2.75) is 9.79 Å². The number of carbonyl (C=O) groups excluding carboxylic acids is 2. The number of hydrogen-bond donors (Lipinski definition) is 0. The van der Waals surface area contributed by atoms with Gasteiger partial charge in [0.05, 0.1) is 46.5 Å². The average Bonchev–Trinajstić information content (AvgIpc) is 3.14. The Morgan fingerprint density at radius 1 is 0.608 bits per heavy atom. The van der Waals surface area contributed by atoms with Crippen LogP contribution in [0.4, 0.5) is 0 Å². The van der Waals surface area contributed by atoms with Gasteiger partial charge < -0.3 is 19.3 Å². The summed E-state index contributed by atoms with van der Waals surface area (Å²) in [4.78, 5) is 30.8. The maximum absolute atomic E-state index is 13.0. The number of carbonyl (C=O) groups is 2. The Bertz CT molecular complexity index is 1890. The van der Waals surface area contributed by atoms with E-state index in [-0.39, 0.29) is 11.8 Å². The summed E-state index contributed by atoms with van der Waals surface area (Å²) in [5.41, 5.74) is 4.50. The third-order valence-corrected chi connectivity index (χ3v) is 12.4. The van der Waals surface area contributed by atoms with E-state index in [9.17, 15) is 9.59 Å². The Morgan fingerprint density at radius 3 is 1.37 bits per heavy atom. The van der Waals surface area contributed by atoms with Crippen LogP contribution in [-0.4, -0.2) is 74.2 Å². The summed E-state index contributed by atoms with van der Waals surface area (Å²) in [7, 11) is 0. The van der Waals surface area contributed by atoms with Gasteiger partial charge in [0.25, 0.3) is 0 Å². The summed E-state index contributed by atoms with van der Waals surface area (Å²) >= 11 is 36.6. The van der Waals surface area contributed by atoms with Crippen LogP contribution in [-0.2, 0) is 19.1 Å². The highest BCUT2D eigenvalue weighted by Gasteiger charge is 2.22. The molecule has 13 heteroatoms. The number of benzene rings is 4. The Morgan fingerprint density at radius 2 is 1.00 bits per heavy atom. The number of nitrogens with zero attached hydrogens (tertiary/aromatic N) is 2. The standard InChI is InChI=1S/C38H30Br2Cl4N2O4S/c39-25-5-1-3-23(19-25)29-21-31(37(43)35(41)27(29)7-9-33(47)45-11-15-49-16-12-45)51-32-22-30(24-4-2-6-26(40)20-24)28(36(42)38(32)44)8-10-34(48)46-13-17-50-18-14-46/h1-10,19-22H,11-18H2/b9-7+,10-8+. The van der Waals surface area contributed by atoms with Crippen molar-refractivity contribution in [1.29, 1.82) is 0 Å². The molecule has 6 nitrogen and oxygen atoms in total. The van der Waals surface area contributed by atoms with Crippen molar-refractivity contribution in [1.82, 2.24) is 9.80 Å². The Labute approximate surface area is 337 Å². The minimum Gasteiger partial charge on any atom is -0.378 e. The molecule has 4 aromatic carbocycles. The molecule has 0 unspecified atom stereocenters. The summed E-state index contributed by atoms with van der Waals surface area (Å²) in [6.45, 7) is 4.10. The second-order valence-electron chi connectivity index (χ2n) is 11.6.